The fourth-order valence-corrected chi connectivity index (χ4v) is 8.29. The Balaban J connectivity index is 4.26. The third-order valence-corrected chi connectivity index (χ3v) is 12.6. The number of carbonyl (C=O) groups is 3. The van der Waals surface area contributed by atoms with Crippen LogP contribution in [0, 0.1) is 0 Å². The summed E-state index contributed by atoms with van der Waals surface area (Å²) in [4.78, 5) is 38.0. The van der Waals surface area contributed by atoms with Crippen LogP contribution in [0.2, 0.25) is 0 Å². The van der Waals surface area contributed by atoms with Crippen molar-refractivity contribution in [2.75, 3.05) is 13.2 Å². The Morgan fingerprint density at radius 1 is 0.308 bits per heavy atom. The highest BCUT2D eigenvalue weighted by molar-refractivity contribution is 5.71. The minimum atomic E-state index is -0.772. The van der Waals surface area contributed by atoms with E-state index in [0.29, 0.717) is 19.3 Å². The summed E-state index contributed by atoms with van der Waals surface area (Å²) in [5.41, 5.74) is 0. The minimum Gasteiger partial charge on any atom is -0.462 e. The summed E-state index contributed by atoms with van der Waals surface area (Å²) < 4.78 is 16.8. The molecule has 0 N–H and O–H groups in total. The predicted octanol–water partition coefficient (Wildman–Crippen LogP) is 18.9. The van der Waals surface area contributed by atoms with E-state index in [9.17, 15) is 14.4 Å². The number of carbonyl (C=O) groups excluding carboxylic acids is 3. The molecule has 0 aromatic rings. The van der Waals surface area contributed by atoms with Gasteiger partial charge in [0.2, 0.25) is 0 Å². The Bertz CT molecular complexity index is 1090. The van der Waals surface area contributed by atoms with E-state index in [1.54, 1.807) is 0 Å². The first-order valence-electron chi connectivity index (χ1n) is 28.5. The van der Waals surface area contributed by atoms with Gasteiger partial charge in [0.25, 0.3) is 0 Å². The monoisotopic (exact) mass is 913 g/mol. The van der Waals surface area contributed by atoms with Crippen LogP contribution in [0.4, 0.5) is 0 Å². The maximum absolute atomic E-state index is 12.8. The molecule has 0 saturated heterocycles. The van der Waals surface area contributed by atoms with Gasteiger partial charge in [0.05, 0.1) is 0 Å². The van der Waals surface area contributed by atoms with Crippen LogP contribution in [0.5, 0.6) is 0 Å². The summed E-state index contributed by atoms with van der Waals surface area (Å²) in [7, 11) is 0. The van der Waals surface area contributed by atoms with Gasteiger partial charge in [-0.2, -0.15) is 0 Å². The second-order valence-electron chi connectivity index (χ2n) is 19.2. The zero-order chi connectivity index (χ0) is 47.2. The minimum absolute atomic E-state index is 0.0722. The Morgan fingerprint density at radius 2 is 0.554 bits per heavy atom. The quantitative estimate of drug-likeness (QED) is 0.0262. The molecule has 6 heteroatoms. The number of allylic oxidation sites excluding steroid dienone is 6. The van der Waals surface area contributed by atoms with Crippen molar-refractivity contribution < 1.29 is 28.6 Å². The maximum Gasteiger partial charge on any atom is 0.306 e. The topological polar surface area (TPSA) is 78.9 Å². The molecule has 1 atom stereocenters. The molecular formula is C59H108O6. The van der Waals surface area contributed by atoms with Crippen molar-refractivity contribution >= 4 is 17.9 Å². The van der Waals surface area contributed by atoms with E-state index in [1.807, 2.05) is 0 Å². The first kappa shape index (κ1) is 62.6. The van der Waals surface area contributed by atoms with E-state index in [1.165, 1.54) is 199 Å². The van der Waals surface area contributed by atoms with Crippen molar-refractivity contribution in [3.63, 3.8) is 0 Å². The molecule has 0 fully saturated rings. The summed E-state index contributed by atoms with van der Waals surface area (Å²) in [6, 6.07) is 0. The number of rotatable bonds is 52. The Labute approximate surface area is 404 Å². The van der Waals surface area contributed by atoms with Crippen LogP contribution < -0.4 is 0 Å². The standard InChI is InChI=1S/C59H108O6/c1-4-7-10-13-16-19-21-23-25-27-29-31-33-35-37-40-43-46-49-52-58(61)64-55-56(54-63-57(60)51-48-45-42-39-18-15-12-9-6-3)65-59(62)53-50-47-44-41-38-36-34-32-30-28-26-24-22-20-17-14-11-8-5-2/h16,19,23,25,28,30,56H,4-15,17-18,20-22,24,26-27,29,31-55H2,1-3H3/b19-16-,25-23-,30-28-/t56-/m1/s1. The van der Waals surface area contributed by atoms with E-state index in [4.69, 9.17) is 14.2 Å². The van der Waals surface area contributed by atoms with Gasteiger partial charge < -0.3 is 14.2 Å². The fraction of sp³-hybridized carbons (Fsp3) is 0.847. The molecule has 0 heterocycles. The molecule has 0 aliphatic carbocycles. The van der Waals surface area contributed by atoms with Gasteiger partial charge in [0.1, 0.15) is 13.2 Å². The van der Waals surface area contributed by atoms with E-state index < -0.39 is 6.10 Å². The van der Waals surface area contributed by atoms with E-state index >= 15 is 0 Å². The molecule has 380 valence electrons. The molecule has 0 aromatic heterocycles. The summed E-state index contributed by atoms with van der Waals surface area (Å²) >= 11 is 0. The van der Waals surface area contributed by atoms with Crippen molar-refractivity contribution in [2.45, 2.75) is 309 Å². The largest absolute Gasteiger partial charge is 0.462 e. The Kier molecular flexibility index (Phi) is 52.3. The zero-order valence-electron chi connectivity index (χ0n) is 43.5. The number of esters is 3. The lowest BCUT2D eigenvalue weighted by Crippen LogP contribution is -2.30. The molecule has 0 rings (SSSR count). The molecule has 0 aliphatic heterocycles. The van der Waals surface area contributed by atoms with E-state index in [0.717, 1.165) is 64.2 Å². The van der Waals surface area contributed by atoms with Gasteiger partial charge in [-0.1, -0.05) is 243 Å². The third-order valence-electron chi connectivity index (χ3n) is 12.6. The molecule has 0 amide bonds. The zero-order valence-corrected chi connectivity index (χ0v) is 43.5. The molecule has 0 aromatic carbocycles. The Morgan fingerprint density at radius 3 is 0.892 bits per heavy atom. The molecule has 0 radical (unpaired) electrons. The van der Waals surface area contributed by atoms with Crippen LogP contribution in [-0.4, -0.2) is 37.2 Å². The summed E-state index contributed by atoms with van der Waals surface area (Å²) in [6.07, 6.45) is 64.2. The van der Waals surface area contributed by atoms with Crippen molar-refractivity contribution in [1.29, 1.82) is 0 Å². The van der Waals surface area contributed by atoms with Gasteiger partial charge in [-0.25, -0.2) is 0 Å². The number of unbranched alkanes of at least 4 members (excludes halogenated alkanes) is 35. The summed E-state index contributed by atoms with van der Waals surface area (Å²) in [5, 5.41) is 0. The predicted molar refractivity (Wildman–Crippen MR) is 279 cm³/mol. The average Bonchev–Trinajstić information content (AvgIpc) is 3.30. The van der Waals surface area contributed by atoms with Crippen molar-refractivity contribution in [2.24, 2.45) is 0 Å². The van der Waals surface area contributed by atoms with Crippen molar-refractivity contribution in [3.05, 3.63) is 36.5 Å². The van der Waals surface area contributed by atoms with Crippen molar-refractivity contribution in [3.8, 4) is 0 Å². The van der Waals surface area contributed by atoms with Crippen LogP contribution in [-0.2, 0) is 28.6 Å². The lowest BCUT2D eigenvalue weighted by atomic mass is 10.1. The lowest BCUT2D eigenvalue weighted by molar-refractivity contribution is -0.167. The molecule has 6 nitrogen and oxygen atoms in total. The smallest absolute Gasteiger partial charge is 0.306 e. The van der Waals surface area contributed by atoms with Crippen LogP contribution in [0.3, 0.4) is 0 Å². The molecule has 65 heavy (non-hydrogen) atoms. The van der Waals surface area contributed by atoms with Crippen molar-refractivity contribution in [1.82, 2.24) is 0 Å². The van der Waals surface area contributed by atoms with Crippen LogP contribution in [0.1, 0.15) is 303 Å². The molecule has 0 bridgehead atoms. The van der Waals surface area contributed by atoms with Gasteiger partial charge in [0.15, 0.2) is 6.10 Å². The number of ether oxygens (including phenoxy) is 3. The molecule has 0 aliphatic rings. The molecule has 0 spiro atoms. The average molecular weight is 914 g/mol. The third kappa shape index (κ3) is 52.5. The highest BCUT2D eigenvalue weighted by atomic mass is 16.6. The number of hydrogen-bond donors (Lipinski definition) is 0. The summed E-state index contributed by atoms with van der Waals surface area (Å²) in [6.45, 7) is 6.62. The normalized spacial score (nSPS) is 12.2. The first-order valence-corrected chi connectivity index (χ1v) is 28.5. The maximum atomic E-state index is 12.8. The molecular weight excluding hydrogens is 805 g/mol. The SMILES string of the molecule is CCCCC/C=C\C/C=C\CCCCCCCCCCCC(=O)OC[C@@H](COC(=O)CCCCCCCCCCC)OC(=O)CCCCCCCCC/C=C\CCCCCCCCCC. The second-order valence-corrected chi connectivity index (χ2v) is 19.2. The van der Waals surface area contributed by atoms with Crippen LogP contribution in [0.25, 0.3) is 0 Å². The van der Waals surface area contributed by atoms with Gasteiger partial charge in [0, 0.05) is 19.3 Å². The summed E-state index contributed by atoms with van der Waals surface area (Å²) in [5.74, 6) is -0.869. The van der Waals surface area contributed by atoms with Gasteiger partial charge in [-0.3, -0.25) is 14.4 Å². The van der Waals surface area contributed by atoms with Gasteiger partial charge >= 0.3 is 17.9 Å². The van der Waals surface area contributed by atoms with Crippen LogP contribution in [0.15, 0.2) is 36.5 Å². The Hall–Kier alpha value is -2.37. The first-order chi connectivity index (χ1) is 32.0. The molecule has 0 saturated carbocycles. The highest BCUT2D eigenvalue weighted by Gasteiger charge is 2.19. The van der Waals surface area contributed by atoms with Gasteiger partial charge in [-0.15, -0.1) is 0 Å². The van der Waals surface area contributed by atoms with Crippen LogP contribution >= 0.6 is 0 Å². The van der Waals surface area contributed by atoms with E-state index in [-0.39, 0.29) is 31.1 Å². The molecule has 0 unspecified atom stereocenters. The van der Waals surface area contributed by atoms with Gasteiger partial charge in [-0.05, 0) is 77.0 Å². The fourth-order valence-electron chi connectivity index (χ4n) is 8.29. The second kappa shape index (κ2) is 54.2. The lowest BCUT2D eigenvalue weighted by Gasteiger charge is -2.18. The highest BCUT2D eigenvalue weighted by Crippen LogP contribution is 2.16. The van der Waals surface area contributed by atoms with E-state index in [2.05, 4.69) is 57.2 Å². The number of hydrogen-bond acceptors (Lipinski definition) is 6.